The molecule has 0 saturated carbocycles. The highest BCUT2D eigenvalue weighted by atomic mass is 32.2. The Morgan fingerprint density at radius 3 is 2.64 bits per heavy atom. The number of carbonyl (C=O) groups excluding carboxylic acids is 1. The number of rotatable bonds is 6. The molecule has 2 N–H and O–H groups in total. The minimum Gasteiger partial charge on any atom is -0.493 e. The second kappa shape index (κ2) is 8.39. The summed E-state index contributed by atoms with van der Waals surface area (Å²) in [5.74, 6) is 1.22. The van der Waals surface area contributed by atoms with Crippen LogP contribution in [0.1, 0.15) is 18.4 Å². The number of methoxy groups -OCH3 is 2. The van der Waals surface area contributed by atoms with E-state index in [0.29, 0.717) is 31.1 Å². The maximum atomic E-state index is 12.1. The molecule has 0 unspecified atom stereocenters. The summed E-state index contributed by atoms with van der Waals surface area (Å²) in [6, 6.07) is 4.90. The number of carbonyl (C=O) groups is 1. The first-order valence-electron chi connectivity index (χ1n) is 8.04. The smallest absolute Gasteiger partial charge is 0.315 e. The van der Waals surface area contributed by atoms with Crippen molar-refractivity contribution in [2.75, 3.05) is 33.6 Å². The Balaban J connectivity index is 1.86. The Labute approximate surface area is 148 Å². The number of urea groups is 1. The van der Waals surface area contributed by atoms with Gasteiger partial charge in [0.15, 0.2) is 11.5 Å². The van der Waals surface area contributed by atoms with E-state index in [-0.39, 0.29) is 12.1 Å². The number of nitrogens with one attached hydrogen (secondary N) is 2. The van der Waals surface area contributed by atoms with Crippen molar-refractivity contribution in [2.24, 2.45) is 0 Å². The zero-order valence-electron chi connectivity index (χ0n) is 14.7. The van der Waals surface area contributed by atoms with E-state index in [2.05, 4.69) is 10.6 Å². The number of amides is 2. The van der Waals surface area contributed by atoms with E-state index in [1.807, 2.05) is 6.07 Å². The molecule has 0 radical (unpaired) electrons. The van der Waals surface area contributed by atoms with Crippen LogP contribution >= 0.6 is 0 Å². The number of sulfonamides is 1. The molecule has 9 heteroatoms. The predicted molar refractivity (Wildman–Crippen MR) is 94.4 cm³/mol. The van der Waals surface area contributed by atoms with E-state index in [9.17, 15) is 13.2 Å². The number of nitrogens with zero attached hydrogens (tertiary/aromatic N) is 1. The molecule has 0 aliphatic carbocycles. The van der Waals surface area contributed by atoms with Gasteiger partial charge in [0.25, 0.3) is 0 Å². The monoisotopic (exact) mass is 371 g/mol. The molecular weight excluding hydrogens is 346 g/mol. The summed E-state index contributed by atoms with van der Waals surface area (Å²) in [4.78, 5) is 12.1. The fraction of sp³-hybridized carbons (Fsp3) is 0.562. The van der Waals surface area contributed by atoms with E-state index in [4.69, 9.17) is 9.47 Å². The molecule has 2 rings (SSSR count). The lowest BCUT2D eigenvalue weighted by Crippen LogP contribution is -2.51. The highest BCUT2D eigenvalue weighted by molar-refractivity contribution is 7.88. The normalized spacial score (nSPS) is 18.4. The zero-order valence-corrected chi connectivity index (χ0v) is 15.6. The molecular formula is C16H25N3O5S. The SMILES string of the molecule is COc1ccc(CNC(=O)N[C@H]2CCCN(S(C)(=O)=O)C2)cc1OC. The third-order valence-corrected chi connectivity index (χ3v) is 5.36. The standard InChI is InChI=1S/C16H25N3O5S/c1-23-14-7-6-12(9-15(14)24-2)10-17-16(20)18-13-5-4-8-19(11-13)25(3,21)22/h6-7,9,13H,4-5,8,10-11H2,1-3H3,(H2,17,18,20)/t13-/m0/s1. The number of benzene rings is 1. The minimum atomic E-state index is -3.23. The topological polar surface area (TPSA) is 97.0 Å². The van der Waals surface area contributed by atoms with E-state index in [0.717, 1.165) is 18.4 Å². The average Bonchev–Trinajstić information content (AvgIpc) is 2.59. The van der Waals surface area contributed by atoms with Gasteiger partial charge >= 0.3 is 6.03 Å². The van der Waals surface area contributed by atoms with Gasteiger partial charge in [0.05, 0.1) is 20.5 Å². The van der Waals surface area contributed by atoms with Crippen molar-refractivity contribution < 1.29 is 22.7 Å². The molecule has 1 fully saturated rings. The Morgan fingerprint density at radius 2 is 2.00 bits per heavy atom. The molecule has 1 aromatic carbocycles. The summed E-state index contributed by atoms with van der Waals surface area (Å²) in [6.07, 6.45) is 2.68. The Morgan fingerprint density at radius 1 is 1.28 bits per heavy atom. The van der Waals surface area contributed by atoms with Gasteiger partial charge in [-0.25, -0.2) is 17.5 Å². The summed E-state index contributed by atoms with van der Waals surface area (Å²) in [6.45, 7) is 1.14. The summed E-state index contributed by atoms with van der Waals surface area (Å²) < 4.78 is 35.0. The molecule has 1 saturated heterocycles. The number of piperidine rings is 1. The molecule has 1 aliphatic rings. The number of ether oxygens (including phenoxy) is 2. The molecule has 0 bridgehead atoms. The fourth-order valence-electron chi connectivity index (χ4n) is 2.77. The molecule has 1 heterocycles. The van der Waals surface area contributed by atoms with Crippen molar-refractivity contribution in [3.8, 4) is 11.5 Å². The summed E-state index contributed by atoms with van der Waals surface area (Å²) in [7, 11) is -0.112. The predicted octanol–water partition coefficient (Wildman–Crippen LogP) is 0.927. The van der Waals surface area contributed by atoms with Gasteiger partial charge in [0, 0.05) is 25.7 Å². The summed E-state index contributed by atoms with van der Waals surface area (Å²) in [5.41, 5.74) is 0.870. The summed E-state index contributed by atoms with van der Waals surface area (Å²) >= 11 is 0. The van der Waals surface area contributed by atoms with Crippen LogP contribution in [0.5, 0.6) is 11.5 Å². The number of hydrogen-bond donors (Lipinski definition) is 2. The van der Waals surface area contributed by atoms with Gasteiger partial charge in [-0.3, -0.25) is 0 Å². The Kier molecular flexibility index (Phi) is 6.49. The van der Waals surface area contributed by atoms with Gasteiger partial charge in [-0.1, -0.05) is 6.07 Å². The van der Waals surface area contributed by atoms with Crippen molar-refractivity contribution in [2.45, 2.75) is 25.4 Å². The third-order valence-electron chi connectivity index (χ3n) is 4.09. The third kappa shape index (κ3) is 5.50. The van der Waals surface area contributed by atoms with Crippen LogP contribution in [-0.4, -0.2) is 58.4 Å². The lowest BCUT2D eigenvalue weighted by molar-refractivity contribution is 0.225. The van der Waals surface area contributed by atoms with Crippen LogP contribution in [0, 0.1) is 0 Å². The highest BCUT2D eigenvalue weighted by Crippen LogP contribution is 2.27. The van der Waals surface area contributed by atoms with Crippen LogP contribution in [0.15, 0.2) is 18.2 Å². The van der Waals surface area contributed by atoms with Gasteiger partial charge in [-0.15, -0.1) is 0 Å². The molecule has 8 nitrogen and oxygen atoms in total. The summed E-state index contributed by atoms with van der Waals surface area (Å²) in [5, 5.41) is 5.60. The second-order valence-electron chi connectivity index (χ2n) is 5.98. The molecule has 2 amide bonds. The molecule has 25 heavy (non-hydrogen) atoms. The van der Waals surface area contributed by atoms with E-state index >= 15 is 0 Å². The van der Waals surface area contributed by atoms with Crippen LogP contribution in [0.25, 0.3) is 0 Å². The van der Waals surface area contributed by atoms with E-state index in [1.165, 1.54) is 10.6 Å². The van der Waals surface area contributed by atoms with Gasteiger partial charge in [-0.2, -0.15) is 0 Å². The molecule has 1 aromatic rings. The van der Waals surface area contributed by atoms with Gasteiger partial charge in [-0.05, 0) is 30.5 Å². The maximum Gasteiger partial charge on any atom is 0.315 e. The maximum absolute atomic E-state index is 12.1. The fourth-order valence-corrected chi connectivity index (χ4v) is 3.68. The van der Waals surface area contributed by atoms with Crippen LogP contribution < -0.4 is 20.1 Å². The first-order valence-corrected chi connectivity index (χ1v) is 9.88. The first kappa shape index (κ1) is 19.3. The van der Waals surface area contributed by atoms with Gasteiger partial charge in [0.2, 0.25) is 10.0 Å². The van der Waals surface area contributed by atoms with E-state index in [1.54, 1.807) is 26.4 Å². The largest absolute Gasteiger partial charge is 0.493 e. The van der Waals surface area contributed by atoms with Gasteiger partial charge in [0.1, 0.15) is 0 Å². The lowest BCUT2D eigenvalue weighted by Gasteiger charge is -2.31. The zero-order chi connectivity index (χ0) is 18.4. The average molecular weight is 371 g/mol. The Bertz CT molecular complexity index is 708. The molecule has 1 aliphatic heterocycles. The quantitative estimate of drug-likeness (QED) is 0.775. The molecule has 0 spiro atoms. The van der Waals surface area contributed by atoms with Crippen molar-refractivity contribution in [3.05, 3.63) is 23.8 Å². The minimum absolute atomic E-state index is 0.186. The van der Waals surface area contributed by atoms with E-state index < -0.39 is 10.0 Å². The Hall–Kier alpha value is -2.00. The van der Waals surface area contributed by atoms with Crippen LogP contribution in [-0.2, 0) is 16.6 Å². The van der Waals surface area contributed by atoms with Crippen molar-refractivity contribution >= 4 is 16.1 Å². The van der Waals surface area contributed by atoms with Gasteiger partial charge < -0.3 is 20.1 Å². The molecule has 1 atom stereocenters. The number of hydrogen-bond acceptors (Lipinski definition) is 5. The first-order chi connectivity index (χ1) is 11.8. The molecule has 140 valence electrons. The van der Waals surface area contributed by atoms with Crippen LogP contribution in [0.4, 0.5) is 4.79 Å². The highest BCUT2D eigenvalue weighted by Gasteiger charge is 2.26. The van der Waals surface area contributed by atoms with Crippen molar-refractivity contribution in [1.82, 2.24) is 14.9 Å². The molecule has 0 aromatic heterocycles. The van der Waals surface area contributed by atoms with Crippen LogP contribution in [0.3, 0.4) is 0 Å². The lowest BCUT2D eigenvalue weighted by atomic mass is 10.1. The van der Waals surface area contributed by atoms with Crippen LogP contribution in [0.2, 0.25) is 0 Å². The van der Waals surface area contributed by atoms with Crippen molar-refractivity contribution in [3.63, 3.8) is 0 Å². The second-order valence-corrected chi connectivity index (χ2v) is 7.96. The van der Waals surface area contributed by atoms with Crippen molar-refractivity contribution in [1.29, 1.82) is 0 Å².